The van der Waals surface area contributed by atoms with E-state index in [9.17, 15) is 9.59 Å². The van der Waals surface area contributed by atoms with Gasteiger partial charge in [0.2, 0.25) is 0 Å². The highest BCUT2D eigenvalue weighted by atomic mass is 16.6. The molecule has 0 aliphatic carbocycles. The Morgan fingerprint density at radius 3 is 2.59 bits per heavy atom. The molecule has 152 valence electrons. The topological polar surface area (TPSA) is 73.9 Å². The van der Waals surface area contributed by atoms with Crippen molar-refractivity contribution in [3.8, 4) is 11.5 Å². The summed E-state index contributed by atoms with van der Waals surface area (Å²) in [5, 5.41) is 2.84. The third-order valence-corrected chi connectivity index (χ3v) is 4.73. The number of esters is 1. The number of amides is 1. The van der Waals surface area contributed by atoms with Crippen molar-refractivity contribution in [2.24, 2.45) is 0 Å². The predicted octanol–water partition coefficient (Wildman–Crippen LogP) is 3.51. The lowest BCUT2D eigenvalue weighted by molar-refractivity contribution is -0.144. The smallest absolute Gasteiger partial charge is 0.331 e. The Bertz CT molecular complexity index is 935. The number of fused-ring (bicyclic) bond motifs is 1. The van der Waals surface area contributed by atoms with Crippen molar-refractivity contribution in [1.29, 1.82) is 0 Å². The summed E-state index contributed by atoms with van der Waals surface area (Å²) in [6, 6.07) is 11.3. The van der Waals surface area contributed by atoms with E-state index in [2.05, 4.69) is 5.32 Å². The highest BCUT2D eigenvalue weighted by Crippen LogP contribution is 2.31. The average molecular weight is 395 g/mol. The van der Waals surface area contributed by atoms with E-state index in [1.807, 2.05) is 45.0 Å². The van der Waals surface area contributed by atoms with Gasteiger partial charge in [0.05, 0.1) is 6.04 Å². The van der Waals surface area contributed by atoms with Crippen LogP contribution in [0.25, 0.3) is 6.08 Å². The lowest BCUT2D eigenvalue weighted by Gasteiger charge is -2.18. The van der Waals surface area contributed by atoms with E-state index in [4.69, 9.17) is 14.2 Å². The van der Waals surface area contributed by atoms with Gasteiger partial charge in [-0.3, -0.25) is 4.79 Å². The van der Waals surface area contributed by atoms with E-state index in [1.54, 1.807) is 18.2 Å². The number of ether oxygens (including phenoxy) is 3. The molecule has 2 aromatic carbocycles. The Balaban J connectivity index is 1.47. The summed E-state index contributed by atoms with van der Waals surface area (Å²) >= 11 is 0. The minimum Gasteiger partial charge on any atom is -0.486 e. The summed E-state index contributed by atoms with van der Waals surface area (Å²) in [4.78, 5) is 24.0. The van der Waals surface area contributed by atoms with Gasteiger partial charge in [-0.15, -0.1) is 0 Å². The van der Waals surface area contributed by atoms with E-state index >= 15 is 0 Å². The fourth-order valence-electron chi connectivity index (χ4n) is 2.91. The zero-order chi connectivity index (χ0) is 20.8. The van der Waals surface area contributed by atoms with Crippen LogP contribution in [0.4, 0.5) is 0 Å². The first-order valence-corrected chi connectivity index (χ1v) is 9.53. The molecule has 6 nitrogen and oxygen atoms in total. The number of carbonyl (C=O) groups is 2. The minimum atomic E-state index is -0.589. The van der Waals surface area contributed by atoms with Crippen LogP contribution in [0.15, 0.2) is 42.5 Å². The van der Waals surface area contributed by atoms with Crippen LogP contribution < -0.4 is 14.8 Å². The molecule has 29 heavy (non-hydrogen) atoms. The Hall–Kier alpha value is -3.28. The Morgan fingerprint density at radius 1 is 1.07 bits per heavy atom. The van der Waals surface area contributed by atoms with Crippen LogP contribution in [0.1, 0.15) is 35.2 Å². The second kappa shape index (κ2) is 9.28. The van der Waals surface area contributed by atoms with Gasteiger partial charge < -0.3 is 19.5 Å². The van der Waals surface area contributed by atoms with Gasteiger partial charge in [-0.05, 0) is 61.2 Å². The van der Waals surface area contributed by atoms with Crippen molar-refractivity contribution in [3.05, 3.63) is 64.7 Å². The van der Waals surface area contributed by atoms with Gasteiger partial charge in [0.15, 0.2) is 18.1 Å². The van der Waals surface area contributed by atoms with E-state index in [-0.39, 0.29) is 18.6 Å². The maximum absolute atomic E-state index is 12.1. The molecule has 6 heteroatoms. The molecule has 1 heterocycles. The first-order chi connectivity index (χ1) is 13.9. The van der Waals surface area contributed by atoms with Gasteiger partial charge in [-0.2, -0.15) is 0 Å². The van der Waals surface area contributed by atoms with Gasteiger partial charge in [0, 0.05) is 6.08 Å². The number of aryl methyl sites for hydroxylation is 2. The van der Waals surface area contributed by atoms with Crippen molar-refractivity contribution < 1.29 is 23.8 Å². The minimum absolute atomic E-state index is 0.172. The second-order valence-electron chi connectivity index (χ2n) is 6.98. The van der Waals surface area contributed by atoms with E-state index < -0.39 is 5.97 Å². The molecule has 1 atom stereocenters. The summed E-state index contributed by atoms with van der Waals surface area (Å²) in [7, 11) is 0. The van der Waals surface area contributed by atoms with Crippen molar-refractivity contribution >= 4 is 18.0 Å². The van der Waals surface area contributed by atoms with E-state index in [0.29, 0.717) is 24.7 Å². The second-order valence-corrected chi connectivity index (χ2v) is 6.98. The molecule has 1 aliphatic heterocycles. The lowest BCUT2D eigenvalue weighted by Crippen LogP contribution is -2.31. The Morgan fingerprint density at radius 2 is 1.83 bits per heavy atom. The molecule has 0 radical (unpaired) electrons. The van der Waals surface area contributed by atoms with Crippen LogP contribution >= 0.6 is 0 Å². The third-order valence-electron chi connectivity index (χ3n) is 4.73. The molecule has 0 aromatic heterocycles. The number of hydrogen-bond donors (Lipinski definition) is 1. The SMILES string of the molecule is Cc1ccc([C@H](C)NC(=O)COC(=O)/C=C/c2ccc3c(c2)OCCO3)cc1C. The molecule has 0 unspecified atom stereocenters. The first-order valence-electron chi connectivity index (χ1n) is 9.53. The highest BCUT2D eigenvalue weighted by Gasteiger charge is 2.13. The summed E-state index contributed by atoms with van der Waals surface area (Å²) < 4.78 is 16.0. The summed E-state index contributed by atoms with van der Waals surface area (Å²) in [5.41, 5.74) is 4.15. The highest BCUT2D eigenvalue weighted by molar-refractivity contribution is 5.89. The molecule has 0 fully saturated rings. The Kier molecular flexibility index (Phi) is 6.54. The quantitative estimate of drug-likeness (QED) is 0.599. The molecule has 1 amide bonds. The fourth-order valence-corrected chi connectivity index (χ4v) is 2.91. The zero-order valence-electron chi connectivity index (χ0n) is 16.9. The third kappa shape index (κ3) is 5.60. The predicted molar refractivity (Wildman–Crippen MR) is 110 cm³/mol. The molecule has 0 spiro atoms. The monoisotopic (exact) mass is 395 g/mol. The van der Waals surface area contributed by atoms with Crippen molar-refractivity contribution in [2.75, 3.05) is 19.8 Å². The van der Waals surface area contributed by atoms with Crippen LogP contribution in [0.2, 0.25) is 0 Å². The van der Waals surface area contributed by atoms with E-state index in [1.165, 1.54) is 17.2 Å². The molecular formula is C23H25NO5. The lowest BCUT2D eigenvalue weighted by atomic mass is 10.0. The molecular weight excluding hydrogens is 370 g/mol. The first kappa shape index (κ1) is 20.5. The van der Waals surface area contributed by atoms with Gasteiger partial charge in [-0.25, -0.2) is 4.79 Å². The van der Waals surface area contributed by atoms with Crippen molar-refractivity contribution in [1.82, 2.24) is 5.32 Å². The number of nitrogens with one attached hydrogen (secondary N) is 1. The van der Waals surface area contributed by atoms with Gasteiger partial charge >= 0.3 is 5.97 Å². The molecule has 0 bridgehead atoms. The standard InChI is InChI=1S/C23H25NO5/c1-15-4-7-19(12-16(15)2)17(3)24-22(25)14-29-23(26)9-6-18-5-8-20-21(13-18)28-11-10-27-20/h4-9,12-13,17H,10-11,14H2,1-3H3,(H,24,25)/b9-6+/t17-/m0/s1. The number of carbonyl (C=O) groups excluding carboxylic acids is 2. The van der Waals surface area contributed by atoms with Crippen LogP contribution in [-0.4, -0.2) is 31.7 Å². The largest absolute Gasteiger partial charge is 0.486 e. The number of benzene rings is 2. The summed E-state index contributed by atoms with van der Waals surface area (Å²) in [6.07, 6.45) is 2.89. The van der Waals surface area contributed by atoms with Gasteiger partial charge in [0.25, 0.3) is 5.91 Å². The normalized spacial score (nSPS) is 13.8. The van der Waals surface area contributed by atoms with Crippen molar-refractivity contribution in [2.45, 2.75) is 26.8 Å². The zero-order valence-corrected chi connectivity index (χ0v) is 16.9. The maximum Gasteiger partial charge on any atom is 0.331 e. The van der Waals surface area contributed by atoms with Crippen LogP contribution in [0.5, 0.6) is 11.5 Å². The molecule has 2 aromatic rings. The molecule has 0 saturated carbocycles. The maximum atomic E-state index is 12.1. The van der Waals surface area contributed by atoms with Gasteiger partial charge in [0.1, 0.15) is 13.2 Å². The summed E-state index contributed by atoms with van der Waals surface area (Å²) in [5.74, 6) is 0.391. The van der Waals surface area contributed by atoms with Crippen LogP contribution in [0, 0.1) is 13.8 Å². The number of rotatable bonds is 6. The molecule has 3 rings (SSSR count). The molecule has 0 saturated heterocycles. The van der Waals surface area contributed by atoms with Crippen molar-refractivity contribution in [3.63, 3.8) is 0 Å². The van der Waals surface area contributed by atoms with E-state index in [0.717, 1.165) is 11.1 Å². The Labute approximate surface area is 170 Å². The fraction of sp³-hybridized carbons (Fsp3) is 0.304. The van der Waals surface area contributed by atoms with Crippen LogP contribution in [0.3, 0.4) is 0 Å². The van der Waals surface area contributed by atoms with Crippen LogP contribution in [-0.2, 0) is 14.3 Å². The summed E-state index contributed by atoms with van der Waals surface area (Å²) in [6.45, 7) is 6.66. The van der Waals surface area contributed by atoms with Gasteiger partial charge in [-0.1, -0.05) is 24.3 Å². The average Bonchev–Trinajstić information content (AvgIpc) is 2.72. The molecule has 1 N–H and O–H groups in total. The number of hydrogen-bond acceptors (Lipinski definition) is 5. The molecule has 1 aliphatic rings.